The van der Waals surface area contributed by atoms with Gasteiger partial charge in [-0.1, -0.05) is 56.5 Å². The molecular formula is C22H30O2. The van der Waals surface area contributed by atoms with E-state index in [9.17, 15) is 0 Å². The van der Waals surface area contributed by atoms with Gasteiger partial charge in [0.2, 0.25) is 0 Å². The van der Waals surface area contributed by atoms with E-state index in [-0.39, 0.29) is 0 Å². The maximum Gasteiger partial charge on any atom is 0.119 e. The Balaban J connectivity index is 1.66. The zero-order valence-corrected chi connectivity index (χ0v) is 15.3. The molecular weight excluding hydrogens is 296 g/mol. The van der Waals surface area contributed by atoms with Crippen molar-refractivity contribution in [1.29, 1.82) is 0 Å². The smallest absolute Gasteiger partial charge is 0.119 e. The summed E-state index contributed by atoms with van der Waals surface area (Å²) in [5, 5.41) is 0. The Morgan fingerprint density at radius 1 is 0.750 bits per heavy atom. The molecule has 0 atom stereocenters. The predicted octanol–water partition coefficient (Wildman–Crippen LogP) is 5.82. The molecule has 0 aromatic heterocycles. The molecule has 0 aliphatic carbocycles. The molecule has 0 unspecified atom stereocenters. The van der Waals surface area contributed by atoms with E-state index in [1.54, 1.807) is 0 Å². The molecule has 0 aliphatic heterocycles. The zero-order valence-electron chi connectivity index (χ0n) is 15.3. The Morgan fingerprint density at radius 3 is 1.75 bits per heavy atom. The summed E-state index contributed by atoms with van der Waals surface area (Å²) in [6.07, 6.45) is 4.53. The van der Waals surface area contributed by atoms with Gasteiger partial charge in [0.25, 0.3) is 0 Å². The fraction of sp³-hybridized carbons (Fsp3) is 0.455. The van der Waals surface area contributed by atoms with E-state index in [0.29, 0.717) is 13.2 Å². The van der Waals surface area contributed by atoms with E-state index in [1.165, 1.54) is 24.0 Å². The highest BCUT2D eigenvalue weighted by Gasteiger charge is 2.05. The maximum atomic E-state index is 5.80. The minimum atomic E-state index is 0.676. The van der Waals surface area contributed by atoms with E-state index in [4.69, 9.17) is 9.47 Å². The van der Waals surface area contributed by atoms with Crippen molar-refractivity contribution in [3.63, 3.8) is 0 Å². The van der Waals surface area contributed by atoms with Crippen LogP contribution in [-0.2, 0) is 6.42 Å². The van der Waals surface area contributed by atoms with Gasteiger partial charge in [0, 0.05) is 6.42 Å². The van der Waals surface area contributed by atoms with E-state index in [1.807, 2.05) is 12.1 Å². The lowest BCUT2D eigenvalue weighted by atomic mass is 9.95. The van der Waals surface area contributed by atoms with Gasteiger partial charge in [-0.2, -0.15) is 0 Å². The number of benzene rings is 2. The molecule has 24 heavy (non-hydrogen) atoms. The summed E-state index contributed by atoms with van der Waals surface area (Å²) in [5.74, 6) is 2.65. The highest BCUT2D eigenvalue weighted by molar-refractivity contribution is 5.28. The topological polar surface area (TPSA) is 18.5 Å². The van der Waals surface area contributed by atoms with Crippen molar-refractivity contribution < 1.29 is 9.47 Å². The molecule has 0 radical (unpaired) electrons. The summed E-state index contributed by atoms with van der Waals surface area (Å²) in [6, 6.07) is 16.7. The lowest BCUT2D eigenvalue weighted by molar-refractivity contribution is 0.247. The molecule has 0 spiro atoms. The molecule has 2 heteroatoms. The zero-order chi connectivity index (χ0) is 17.2. The Labute approximate surface area is 146 Å². The summed E-state index contributed by atoms with van der Waals surface area (Å²) in [7, 11) is 0. The maximum absolute atomic E-state index is 5.80. The van der Waals surface area contributed by atoms with Gasteiger partial charge in [-0.15, -0.1) is 0 Å². The van der Waals surface area contributed by atoms with Crippen molar-refractivity contribution in [2.75, 3.05) is 13.2 Å². The van der Waals surface area contributed by atoms with Gasteiger partial charge >= 0.3 is 0 Å². The second kappa shape index (κ2) is 10.0. The summed E-state index contributed by atoms with van der Waals surface area (Å²) in [5.41, 5.74) is 2.65. The van der Waals surface area contributed by atoms with Gasteiger partial charge in [-0.3, -0.25) is 0 Å². The third kappa shape index (κ3) is 6.27. The van der Waals surface area contributed by atoms with E-state index in [0.717, 1.165) is 30.3 Å². The first-order valence-corrected chi connectivity index (χ1v) is 9.12. The average molecular weight is 326 g/mol. The highest BCUT2D eigenvalue weighted by atomic mass is 16.5. The van der Waals surface area contributed by atoms with Crippen LogP contribution in [0.2, 0.25) is 0 Å². The fourth-order valence-corrected chi connectivity index (χ4v) is 2.71. The van der Waals surface area contributed by atoms with Crippen LogP contribution in [0.1, 0.15) is 44.2 Å². The highest BCUT2D eigenvalue weighted by Crippen LogP contribution is 2.19. The summed E-state index contributed by atoms with van der Waals surface area (Å²) in [6.45, 7) is 7.97. The number of aryl methyl sites for hydroxylation is 1. The second-order valence-electron chi connectivity index (χ2n) is 6.39. The van der Waals surface area contributed by atoms with Crippen LogP contribution in [0.4, 0.5) is 0 Å². The molecule has 0 aliphatic rings. The van der Waals surface area contributed by atoms with Crippen LogP contribution in [0.15, 0.2) is 48.5 Å². The molecule has 0 fully saturated rings. The van der Waals surface area contributed by atoms with Gasteiger partial charge < -0.3 is 9.47 Å². The average Bonchev–Trinajstić information content (AvgIpc) is 2.62. The normalized spacial score (nSPS) is 10.8. The summed E-state index contributed by atoms with van der Waals surface area (Å²) < 4.78 is 11.5. The largest absolute Gasteiger partial charge is 0.493 e. The van der Waals surface area contributed by atoms with Gasteiger partial charge in [0.05, 0.1) is 13.2 Å². The Morgan fingerprint density at radius 2 is 1.25 bits per heavy atom. The van der Waals surface area contributed by atoms with Crippen LogP contribution in [0.3, 0.4) is 0 Å². The lowest BCUT2D eigenvalue weighted by Gasteiger charge is -2.13. The second-order valence-corrected chi connectivity index (χ2v) is 6.39. The molecule has 2 nitrogen and oxygen atoms in total. The summed E-state index contributed by atoms with van der Waals surface area (Å²) >= 11 is 0. The third-order valence-electron chi connectivity index (χ3n) is 4.45. The van der Waals surface area contributed by atoms with Crippen molar-refractivity contribution in [3.8, 4) is 11.5 Å². The van der Waals surface area contributed by atoms with Crippen LogP contribution in [0, 0.1) is 12.8 Å². The van der Waals surface area contributed by atoms with E-state index in [2.05, 4.69) is 57.2 Å². The Bertz CT molecular complexity index is 568. The first kappa shape index (κ1) is 18.4. The lowest BCUT2D eigenvalue weighted by Crippen LogP contribution is -2.05. The van der Waals surface area contributed by atoms with Crippen molar-refractivity contribution in [2.24, 2.45) is 5.92 Å². The molecule has 2 aromatic rings. The molecule has 130 valence electrons. The van der Waals surface area contributed by atoms with Crippen LogP contribution in [0.5, 0.6) is 11.5 Å². The molecule has 0 heterocycles. The number of hydrogen-bond acceptors (Lipinski definition) is 2. The van der Waals surface area contributed by atoms with Crippen LogP contribution >= 0.6 is 0 Å². The van der Waals surface area contributed by atoms with E-state index < -0.39 is 0 Å². The van der Waals surface area contributed by atoms with Crippen LogP contribution < -0.4 is 9.47 Å². The minimum absolute atomic E-state index is 0.676. The molecule has 0 saturated heterocycles. The molecule has 0 amide bonds. The van der Waals surface area contributed by atoms with Crippen molar-refractivity contribution in [1.82, 2.24) is 0 Å². The standard InChI is InChI=1S/C22H30O2/c1-4-19(5-2)17-20-9-13-22(14-10-20)24-16-6-15-23-21-11-7-18(3)8-12-21/h7-14,19H,4-6,15-17H2,1-3H3. The Hall–Kier alpha value is -1.96. The van der Waals surface area contributed by atoms with Crippen molar-refractivity contribution >= 4 is 0 Å². The first-order valence-electron chi connectivity index (χ1n) is 9.12. The number of hydrogen-bond donors (Lipinski definition) is 0. The van der Waals surface area contributed by atoms with Gasteiger partial charge in [0.1, 0.15) is 11.5 Å². The monoisotopic (exact) mass is 326 g/mol. The Kier molecular flexibility index (Phi) is 7.67. The quantitative estimate of drug-likeness (QED) is 0.512. The van der Waals surface area contributed by atoms with Gasteiger partial charge in [-0.25, -0.2) is 0 Å². The molecule has 0 saturated carbocycles. The number of rotatable bonds is 10. The fourth-order valence-electron chi connectivity index (χ4n) is 2.71. The molecule has 2 rings (SSSR count). The van der Waals surface area contributed by atoms with Crippen molar-refractivity contribution in [3.05, 3.63) is 59.7 Å². The first-order chi connectivity index (χ1) is 11.7. The van der Waals surface area contributed by atoms with Gasteiger partial charge in [0.15, 0.2) is 0 Å². The SMILES string of the molecule is CCC(CC)Cc1ccc(OCCCOc2ccc(C)cc2)cc1. The molecule has 0 bridgehead atoms. The molecule has 2 aromatic carbocycles. The summed E-state index contributed by atoms with van der Waals surface area (Å²) in [4.78, 5) is 0. The predicted molar refractivity (Wildman–Crippen MR) is 101 cm³/mol. The minimum Gasteiger partial charge on any atom is -0.493 e. The van der Waals surface area contributed by atoms with E-state index >= 15 is 0 Å². The van der Waals surface area contributed by atoms with Crippen LogP contribution in [-0.4, -0.2) is 13.2 Å². The molecule has 0 N–H and O–H groups in total. The van der Waals surface area contributed by atoms with Crippen LogP contribution in [0.25, 0.3) is 0 Å². The van der Waals surface area contributed by atoms with Crippen molar-refractivity contribution in [2.45, 2.75) is 46.5 Å². The van der Waals surface area contributed by atoms with Gasteiger partial charge in [-0.05, 0) is 49.1 Å². The third-order valence-corrected chi connectivity index (χ3v) is 4.45. The number of ether oxygens (including phenoxy) is 2.